The summed E-state index contributed by atoms with van der Waals surface area (Å²) in [4.78, 5) is 20.3. The van der Waals surface area contributed by atoms with Gasteiger partial charge in [0.1, 0.15) is 16.1 Å². The van der Waals surface area contributed by atoms with E-state index in [-0.39, 0.29) is 12.4 Å². The molecule has 1 saturated carbocycles. The Morgan fingerprint density at radius 1 is 1.46 bits per heavy atom. The van der Waals surface area contributed by atoms with E-state index in [1.807, 2.05) is 0 Å². The second-order valence-electron chi connectivity index (χ2n) is 7.23. The Bertz CT molecular complexity index is 810. The normalized spacial score (nSPS) is 32.0. The lowest BCUT2D eigenvalue weighted by Crippen LogP contribution is -2.64. The third-order valence-electron chi connectivity index (χ3n) is 5.80. The van der Waals surface area contributed by atoms with Crippen molar-refractivity contribution in [3.8, 4) is 5.88 Å². The number of hydrogen-bond donors (Lipinski definition) is 5. The number of amidine groups is 1. The van der Waals surface area contributed by atoms with Crippen LogP contribution in [0.3, 0.4) is 0 Å². The van der Waals surface area contributed by atoms with Gasteiger partial charge in [-0.2, -0.15) is 10.6 Å². The van der Waals surface area contributed by atoms with Crippen LogP contribution in [-0.4, -0.2) is 47.7 Å². The summed E-state index contributed by atoms with van der Waals surface area (Å²) in [5.74, 6) is 0.452. The summed E-state index contributed by atoms with van der Waals surface area (Å²) in [5, 5.41) is 11.0. The van der Waals surface area contributed by atoms with Crippen molar-refractivity contribution >= 4 is 28.2 Å². The second kappa shape index (κ2) is 5.48. The monoisotopic (exact) mass is 382 g/mol. The molecule has 2 aliphatic heterocycles. The van der Waals surface area contributed by atoms with Crippen molar-refractivity contribution in [1.82, 2.24) is 10.3 Å². The van der Waals surface area contributed by atoms with Crippen LogP contribution in [0.4, 0.5) is 10.5 Å². The van der Waals surface area contributed by atoms with Gasteiger partial charge >= 0.3 is 6.09 Å². The van der Waals surface area contributed by atoms with Crippen molar-refractivity contribution in [2.45, 2.75) is 48.1 Å². The molecule has 0 unspecified atom stereocenters. The molecule has 142 valence electrons. The van der Waals surface area contributed by atoms with E-state index in [2.05, 4.69) is 10.3 Å². The Morgan fingerprint density at radius 2 is 2.19 bits per heavy atom. The number of nitrogen functional groups attached to an aromatic ring is 1. The number of pyridine rings is 1. The molecular formula is C16H22N4O5S. The standard InChI is InChI=1S/C16H22N4O5S/c1-15-10-7-9(17)8-18-12(10)25-6-3-11(15)26(23,24)16(4-2-5-16)13(20-15)19-14(21)22/h7-8,11,23-24H,2-6,17H2,1H3,(H,19,20)(H,21,22)/t11-,15-/m1/s1. The summed E-state index contributed by atoms with van der Waals surface area (Å²) in [7, 11) is -3.22. The zero-order valence-electron chi connectivity index (χ0n) is 14.3. The second-order valence-corrected chi connectivity index (χ2v) is 9.76. The van der Waals surface area contributed by atoms with E-state index in [1.54, 1.807) is 13.0 Å². The van der Waals surface area contributed by atoms with E-state index in [0.29, 0.717) is 36.4 Å². The maximum Gasteiger partial charge on any atom is 0.410 e. The third kappa shape index (κ3) is 2.15. The van der Waals surface area contributed by atoms with Crippen LogP contribution in [0.15, 0.2) is 17.3 Å². The molecule has 1 amide bonds. The Balaban J connectivity index is 1.97. The lowest BCUT2D eigenvalue weighted by Gasteiger charge is -2.64. The van der Waals surface area contributed by atoms with Gasteiger partial charge in [-0.05, 0) is 32.3 Å². The Hall–Kier alpha value is -2.04. The number of nitrogens with two attached hydrogens (primary N) is 1. The topological polar surface area (TPSA) is 150 Å². The van der Waals surface area contributed by atoms with Crippen LogP contribution in [0, 0.1) is 0 Å². The number of anilines is 1. The minimum Gasteiger partial charge on any atom is -0.477 e. The van der Waals surface area contributed by atoms with Crippen LogP contribution in [0.25, 0.3) is 0 Å². The lowest BCUT2D eigenvalue weighted by molar-refractivity contribution is 0.198. The van der Waals surface area contributed by atoms with Crippen molar-refractivity contribution in [2.24, 2.45) is 4.99 Å². The highest BCUT2D eigenvalue weighted by Crippen LogP contribution is 2.71. The van der Waals surface area contributed by atoms with Crippen molar-refractivity contribution < 1.29 is 23.7 Å². The average molecular weight is 382 g/mol. The molecule has 3 aliphatic rings. The summed E-state index contributed by atoms with van der Waals surface area (Å²) in [6, 6.07) is 1.66. The molecule has 2 atom stereocenters. The highest BCUT2D eigenvalue weighted by atomic mass is 32.3. The van der Waals surface area contributed by atoms with Gasteiger partial charge in [-0.3, -0.25) is 19.4 Å². The Labute approximate surface area is 152 Å². The Morgan fingerprint density at radius 3 is 2.81 bits per heavy atom. The smallest absolute Gasteiger partial charge is 0.410 e. The first-order chi connectivity index (χ1) is 12.2. The number of nitrogens with one attached hydrogen (secondary N) is 1. The van der Waals surface area contributed by atoms with Crippen molar-refractivity contribution in [2.75, 3.05) is 12.3 Å². The highest BCUT2D eigenvalue weighted by Gasteiger charge is 2.64. The number of fused-ring (bicyclic) bond motifs is 3. The summed E-state index contributed by atoms with van der Waals surface area (Å²) < 4.78 is 27.3. The molecule has 1 spiro atoms. The number of hydrogen-bond acceptors (Lipinski definition) is 7. The number of aromatic nitrogens is 1. The Kier molecular flexibility index (Phi) is 3.66. The SMILES string of the molecule is C[C@]12N=C(NC(=O)O)C3(CCC3)S(O)(O)[C@@H]1CCOc1ncc(N)cc12. The summed E-state index contributed by atoms with van der Waals surface area (Å²) in [6.07, 6.45) is 2.34. The molecule has 26 heavy (non-hydrogen) atoms. The van der Waals surface area contributed by atoms with Gasteiger partial charge in [0, 0.05) is 12.0 Å². The fourth-order valence-corrected chi connectivity index (χ4v) is 7.37. The number of amides is 1. The average Bonchev–Trinajstić information content (AvgIpc) is 2.62. The van der Waals surface area contributed by atoms with E-state index in [9.17, 15) is 19.0 Å². The molecule has 0 saturated heterocycles. The number of rotatable bonds is 0. The minimum atomic E-state index is -3.22. The molecule has 0 aromatic carbocycles. The molecular weight excluding hydrogens is 360 g/mol. The fraction of sp³-hybridized carbons (Fsp3) is 0.562. The van der Waals surface area contributed by atoms with Crippen LogP contribution >= 0.6 is 10.6 Å². The molecule has 1 fully saturated rings. The van der Waals surface area contributed by atoms with Crippen molar-refractivity contribution in [3.05, 3.63) is 17.8 Å². The maximum absolute atomic E-state index is 11.3. The molecule has 1 aromatic heterocycles. The first-order valence-electron chi connectivity index (χ1n) is 8.46. The van der Waals surface area contributed by atoms with Crippen LogP contribution in [0.5, 0.6) is 5.88 Å². The van der Waals surface area contributed by atoms with E-state index >= 15 is 0 Å². The van der Waals surface area contributed by atoms with Gasteiger partial charge in [0.2, 0.25) is 5.88 Å². The van der Waals surface area contributed by atoms with Gasteiger partial charge in [-0.1, -0.05) is 0 Å². The van der Waals surface area contributed by atoms with Gasteiger partial charge in [0.05, 0.1) is 23.7 Å². The number of carbonyl (C=O) groups is 1. The molecule has 9 nitrogen and oxygen atoms in total. The summed E-state index contributed by atoms with van der Waals surface area (Å²) in [6.45, 7) is 2.03. The van der Waals surface area contributed by atoms with Gasteiger partial charge in [-0.25, -0.2) is 9.78 Å². The summed E-state index contributed by atoms with van der Waals surface area (Å²) in [5.41, 5.74) is 5.73. The zero-order valence-corrected chi connectivity index (χ0v) is 15.1. The molecule has 10 heteroatoms. The van der Waals surface area contributed by atoms with Crippen molar-refractivity contribution in [1.29, 1.82) is 0 Å². The maximum atomic E-state index is 11.3. The van der Waals surface area contributed by atoms with Gasteiger partial charge in [-0.15, -0.1) is 0 Å². The quantitative estimate of drug-likeness (QED) is 0.462. The van der Waals surface area contributed by atoms with Crippen molar-refractivity contribution in [3.63, 3.8) is 0 Å². The number of carboxylic acid groups (broad SMARTS) is 1. The molecule has 4 rings (SSSR count). The first kappa shape index (κ1) is 17.4. The van der Waals surface area contributed by atoms with E-state index in [0.717, 1.165) is 6.42 Å². The molecule has 6 N–H and O–H groups in total. The molecule has 0 bridgehead atoms. The van der Waals surface area contributed by atoms with Crippen LogP contribution in [0.1, 0.15) is 38.2 Å². The first-order valence-corrected chi connectivity index (χ1v) is 10.1. The van der Waals surface area contributed by atoms with Gasteiger partial charge < -0.3 is 15.6 Å². The molecule has 1 aromatic rings. The lowest BCUT2D eigenvalue weighted by atomic mass is 9.81. The van der Waals surface area contributed by atoms with E-state index in [4.69, 9.17) is 15.5 Å². The fourth-order valence-electron chi connectivity index (χ4n) is 4.31. The zero-order chi connectivity index (χ0) is 18.7. The van der Waals surface area contributed by atoms with Crippen LogP contribution in [0.2, 0.25) is 0 Å². The molecule has 3 heterocycles. The molecule has 0 radical (unpaired) electrons. The van der Waals surface area contributed by atoms with Gasteiger partial charge in [0.15, 0.2) is 0 Å². The number of aliphatic imine (C=N–C) groups is 1. The van der Waals surface area contributed by atoms with Crippen LogP contribution in [-0.2, 0) is 5.54 Å². The largest absolute Gasteiger partial charge is 0.477 e. The molecule has 1 aliphatic carbocycles. The summed E-state index contributed by atoms with van der Waals surface area (Å²) >= 11 is 0. The number of ether oxygens (including phenoxy) is 1. The number of nitrogens with zero attached hydrogens (tertiary/aromatic N) is 2. The van der Waals surface area contributed by atoms with E-state index in [1.165, 1.54) is 6.20 Å². The highest BCUT2D eigenvalue weighted by molar-refractivity contribution is 8.26. The van der Waals surface area contributed by atoms with Gasteiger partial charge in [0.25, 0.3) is 0 Å². The predicted molar refractivity (Wildman–Crippen MR) is 97.9 cm³/mol. The predicted octanol–water partition coefficient (Wildman–Crippen LogP) is 2.38. The minimum absolute atomic E-state index is 0.116. The van der Waals surface area contributed by atoms with E-state index < -0.39 is 32.2 Å². The van der Waals surface area contributed by atoms with Crippen LogP contribution < -0.4 is 15.8 Å². The third-order valence-corrected chi connectivity index (χ3v) is 9.04.